The van der Waals surface area contributed by atoms with Crippen LogP contribution in [-0.4, -0.2) is 38.7 Å². The Bertz CT molecular complexity index is 714. The number of carbonyl (C=O) groups excluding carboxylic acids is 1. The summed E-state index contributed by atoms with van der Waals surface area (Å²) in [4.78, 5) is 18.2. The monoisotopic (exact) mass is 352 g/mol. The van der Waals surface area contributed by atoms with E-state index in [0.29, 0.717) is 19.0 Å². The number of alkyl halides is 3. The molecule has 1 aliphatic heterocycles. The van der Waals surface area contributed by atoms with Gasteiger partial charge in [0, 0.05) is 31.7 Å². The van der Waals surface area contributed by atoms with Crippen molar-refractivity contribution in [1.82, 2.24) is 19.7 Å². The van der Waals surface area contributed by atoms with E-state index in [-0.39, 0.29) is 12.5 Å². The second-order valence-corrected chi connectivity index (χ2v) is 6.31. The van der Waals surface area contributed by atoms with Gasteiger partial charge in [-0.1, -0.05) is 6.07 Å². The van der Waals surface area contributed by atoms with Crippen LogP contribution in [0.4, 0.5) is 13.2 Å². The standard InChI is InChI=1S/C17H19F3N4O/c18-17(19,20)15-5-8-24(22-15)12-16(25)23-7-2-4-14(11-23)9-13-3-1-6-21-10-13/h1,3,5-6,8,10,14H,2,4,7,9,11-12H2. The van der Waals surface area contributed by atoms with Gasteiger partial charge in [-0.15, -0.1) is 0 Å². The van der Waals surface area contributed by atoms with Crippen LogP contribution in [0, 0.1) is 5.92 Å². The van der Waals surface area contributed by atoms with Crippen molar-refractivity contribution >= 4 is 5.91 Å². The Labute approximate surface area is 143 Å². The Morgan fingerprint density at radius 1 is 1.32 bits per heavy atom. The second-order valence-electron chi connectivity index (χ2n) is 6.31. The lowest BCUT2D eigenvalue weighted by Gasteiger charge is -2.33. The minimum absolute atomic E-state index is 0.171. The topological polar surface area (TPSA) is 51.0 Å². The van der Waals surface area contributed by atoms with Gasteiger partial charge in [0.25, 0.3) is 0 Å². The quantitative estimate of drug-likeness (QED) is 0.850. The van der Waals surface area contributed by atoms with Crippen LogP contribution in [0.3, 0.4) is 0 Å². The Kier molecular flexibility index (Phi) is 5.06. The zero-order chi connectivity index (χ0) is 17.9. The van der Waals surface area contributed by atoms with E-state index < -0.39 is 11.9 Å². The normalized spacial score (nSPS) is 18.4. The van der Waals surface area contributed by atoms with Crippen molar-refractivity contribution in [2.45, 2.75) is 32.0 Å². The third-order valence-corrected chi connectivity index (χ3v) is 4.35. The number of hydrogen-bond acceptors (Lipinski definition) is 3. The largest absolute Gasteiger partial charge is 0.435 e. The number of nitrogens with zero attached hydrogens (tertiary/aromatic N) is 4. The summed E-state index contributed by atoms with van der Waals surface area (Å²) in [5.41, 5.74) is 0.150. The number of piperidine rings is 1. The number of pyridine rings is 1. The van der Waals surface area contributed by atoms with Crippen LogP contribution in [-0.2, 0) is 23.9 Å². The summed E-state index contributed by atoms with van der Waals surface area (Å²) < 4.78 is 38.8. The van der Waals surface area contributed by atoms with Crippen LogP contribution < -0.4 is 0 Å². The summed E-state index contributed by atoms with van der Waals surface area (Å²) in [5.74, 6) is 0.137. The van der Waals surface area contributed by atoms with E-state index >= 15 is 0 Å². The first-order valence-corrected chi connectivity index (χ1v) is 8.19. The van der Waals surface area contributed by atoms with Gasteiger partial charge >= 0.3 is 6.18 Å². The van der Waals surface area contributed by atoms with E-state index in [1.165, 1.54) is 6.20 Å². The van der Waals surface area contributed by atoms with Gasteiger partial charge in [0.15, 0.2) is 5.69 Å². The number of aromatic nitrogens is 3. The summed E-state index contributed by atoms with van der Waals surface area (Å²) in [6, 6.07) is 4.78. The van der Waals surface area contributed by atoms with Gasteiger partial charge in [0.2, 0.25) is 5.91 Å². The predicted molar refractivity (Wildman–Crippen MR) is 84.5 cm³/mol. The molecule has 8 heteroatoms. The molecule has 0 spiro atoms. The Hall–Kier alpha value is -2.38. The highest BCUT2D eigenvalue weighted by Gasteiger charge is 2.34. The van der Waals surface area contributed by atoms with E-state index in [9.17, 15) is 18.0 Å². The number of rotatable bonds is 4. The molecule has 2 aromatic heterocycles. The van der Waals surface area contributed by atoms with Crippen LogP contribution >= 0.6 is 0 Å². The molecule has 1 saturated heterocycles. The highest BCUT2D eigenvalue weighted by molar-refractivity contribution is 5.76. The summed E-state index contributed by atoms with van der Waals surface area (Å²) in [6.45, 7) is 1.08. The van der Waals surface area contributed by atoms with Crippen LogP contribution in [0.2, 0.25) is 0 Å². The molecular formula is C17H19F3N4O. The van der Waals surface area contributed by atoms with Crippen molar-refractivity contribution in [2.75, 3.05) is 13.1 Å². The molecule has 1 amide bonds. The van der Waals surface area contributed by atoms with E-state index in [2.05, 4.69) is 10.1 Å². The van der Waals surface area contributed by atoms with Gasteiger partial charge in [0.05, 0.1) is 0 Å². The average Bonchev–Trinajstić information content (AvgIpc) is 3.05. The van der Waals surface area contributed by atoms with Gasteiger partial charge < -0.3 is 4.90 Å². The minimum Gasteiger partial charge on any atom is -0.341 e. The molecule has 5 nitrogen and oxygen atoms in total. The molecule has 0 bridgehead atoms. The van der Waals surface area contributed by atoms with E-state index in [1.807, 2.05) is 18.3 Å². The van der Waals surface area contributed by atoms with Crippen LogP contribution in [0.15, 0.2) is 36.8 Å². The van der Waals surface area contributed by atoms with Gasteiger partial charge in [-0.2, -0.15) is 18.3 Å². The third kappa shape index (κ3) is 4.58. The molecule has 25 heavy (non-hydrogen) atoms. The molecule has 0 saturated carbocycles. The molecular weight excluding hydrogens is 333 g/mol. The predicted octanol–water partition coefficient (Wildman–Crippen LogP) is 2.78. The molecule has 1 unspecified atom stereocenters. The average molecular weight is 352 g/mol. The third-order valence-electron chi connectivity index (χ3n) is 4.35. The van der Waals surface area contributed by atoms with E-state index in [4.69, 9.17) is 0 Å². The van der Waals surface area contributed by atoms with Crippen molar-refractivity contribution in [2.24, 2.45) is 5.92 Å². The molecule has 0 N–H and O–H groups in total. The molecule has 1 aliphatic rings. The fourth-order valence-corrected chi connectivity index (χ4v) is 3.15. The Morgan fingerprint density at radius 2 is 2.16 bits per heavy atom. The van der Waals surface area contributed by atoms with Gasteiger partial charge in [-0.05, 0) is 42.9 Å². The van der Waals surface area contributed by atoms with Crippen molar-refractivity contribution in [3.8, 4) is 0 Å². The summed E-state index contributed by atoms with van der Waals surface area (Å²) in [5, 5.41) is 3.44. The van der Waals surface area contributed by atoms with Gasteiger partial charge in [-0.3, -0.25) is 14.5 Å². The molecule has 1 atom stereocenters. The zero-order valence-corrected chi connectivity index (χ0v) is 13.6. The number of amides is 1. The highest BCUT2D eigenvalue weighted by Crippen LogP contribution is 2.27. The lowest BCUT2D eigenvalue weighted by Crippen LogP contribution is -2.42. The molecule has 0 aliphatic carbocycles. The number of halogens is 3. The smallest absolute Gasteiger partial charge is 0.341 e. The van der Waals surface area contributed by atoms with E-state index in [1.54, 1.807) is 11.1 Å². The fourth-order valence-electron chi connectivity index (χ4n) is 3.15. The zero-order valence-electron chi connectivity index (χ0n) is 13.6. The first-order chi connectivity index (χ1) is 11.9. The van der Waals surface area contributed by atoms with E-state index in [0.717, 1.165) is 35.6 Å². The molecule has 3 heterocycles. The van der Waals surface area contributed by atoms with Gasteiger partial charge in [-0.25, -0.2) is 0 Å². The maximum absolute atomic E-state index is 12.6. The van der Waals surface area contributed by atoms with Gasteiger partial charge in [0.1, 0.15) is 6.54 Å². The fraction of sp³-hybridized carbons (Fsp3) is 0.471. The Balaban J connectivity index is 1.57. The maximum Gasteiger partial charge on any atom is 0.435 e. The molecule has 3 rings (SSSR count). The summed E-state index contributed by atoms with van der Waals surface area (Å²) in [6.07, 6.45) is 3.01. The van der Waals surface area contributed by atoms with Crippen LogP contribution in [0.5, 0.6) is 0 Å². The maximum atomic E-state index is 12.6. The number of likely N-dealkylation sites (tertiary alicyclic amines) is 1. The minimum atomic E-state index is -4.49. The molecule has 0 aromatic carbocycles. The molecule has 1 fully saturated rings. The first-order valence-electron chi connectivity index (χ1n) is 8.19. The summed E-state index contributed by atoms with van der Waals surface area (Å²) >= 11 is 0. The molecule has 2 aromatic rings. The lowest BCUT2D eigenvalue weighted by molar-refractivity contribution is -0.142. The highest BCUT2D eigenvalue weighted by atomic mass is 19.4. The van der Waals surface area contributed by atoms with Crippen molar-refractivity contribution < 1.29 is 18.0 Å². The van der Waals surface area contributed by atoms with Crippen molar-refractivity contribution in [3.63, 3.8) is 0 Å². The number of carbonyl (C=O) groups is 1. The number of hydrogen-bond donors (Lipinski definition) is 0. The summed E-state index contributed by atoms with van der Waals surface area (Å²) in [7, 11) is 0. The van der Waals surface area contributed by atoms with Crippen molar-refractivity contribution in [3.05, 3.63) is 48.0 Å². The SMILES string of the molecule is O=C(Cn1ccc(C(F)(F)F)n1)N1CCCC(Cc2cccnc2)C1. The second kappa shape index (κ2) is 7.25. The molecule has 0 radical (unpaired) electrons. The van der Waals surface area contributed by atoms with Crippen LogP contribution in [0.1, 0.15) is 24.1 Å². The first kappa shape index (κ1) is 17.4. The molecule has 134 valence electrons. The Morgan fingerprint density at radius 3 is 2.84 bits per heavy atom. The lowest BCUT2D eigenvalue weighted by atomic mass is 9.92. The van der Waals surface area contributed by atoms with Crippen molar-refractivity contribution in [1.29, 1.82) is 0 Å². The van der Waals surface area contributed by atoms with Crippen LogP contribution in [0.25, 0.3) is 0 Å².